The number of nitro groups is 1. The Morgan fingerprint density at radius 2 is 1.78 bits per heavy atom. The van der Waals surface area contributed by atoms with Crippen molar-refractivity contribution < 1.29 is 28.8 Å². The average molecular weight is 487 g/mol. The van der Waals surface area contributed by atoms with Gasteiger partial charge < -0.3 is 14.8 Å². The number of nitro benzene ring substituents is 1. The van der Waals surface area contributed by atoms with Crippen LogP contribution in [-0.2, 0) is 4.74 Å². The van der Waals surface area contributed by atoms with Gasteiger partial charge in [0, 0.05) is 30.8 Å². The molecule has 0 saturated carbocycles. The number of anilines is 1. The van der Waals surface area contributed by atoms with E-state index in [0.29, 0.717) is 30.2 Å². The number of nitrogens with zero attached hydrogens (tertiary/aromatic N) is 2. The van der Waals surface area contributed by atoms with Crippen molar-refractivity contribution in [2.75, 3.05) is 18.1 Å². The molecule has 3 amide bonds. The third-order valence-electron chi connectivity index (χ3n) is 6.02. The van der Waals surface area contributed by atoms with E-state index in [1.54, 1.807) is 24.3 Å². The number of hydrogen-bond donors (Lipinski definition) is 1. The summed E-state index contributed by atoms with van der Waals surface area (Å²) < 4.78 is 11.2. The number of ether oxygens (including phenoxy) is 2. The van der Waals surface area contributed by atoms with Gasteiger partial charge in [-0.1, -0.05) is 6.07 Å². The highest BCUT2D eigenvalue weighted by Gasteiger charge is 2.37. The summed E-state index contributed by atoms with van der Waals surface area (Å²) >= 11 is 0. The van der Waals surface area contributed by atoms with Gasteiger partial charge in [-0.25, -0.2) is 4.90 Å². The lowest BCUT2D eigenvalue weighted by Gasteiger charge is -2.15. The van der Waals surface area contributed by atoms with Gasteiger partial charge in [0.25, 0.3) is 23.4 Å². The molecule has 2 aliphatic heterocycles. The summed E-state index contributed by atoms with van der Waals surface area (Å²) in [4.78, 5) is 50.2. The molecule has 0 aliphatic carbocycles. The van der Waals surface area contributed by atoms with Gasteiger partial charge in [0.1, 0.15) is 11.5 Å². The first-order valence-electron chi connectivity index (χ1n) is 11.4. The lowest BCUT2D eigenvalue weighted by molar-refractivity contribution is -0.384. The van der Waals surface area contributed by atoms with Crippen molar-refractivity contribution in [2.45, 2.75) is 18.9 Å². The molecule has 1 atom stereocenters. The molecule has 10 nitrogen and oxygen atoms in total. The molecule has 182 valence electrons. The Morgan fingerprint density at radius 3 is 2.50 bits per heavy atom. The van der Waals surface area contributed by atoms with Gasteiger partial charge in [-0.05, 0) is 61.4 Å². The zero-order valence-corrected chi connectivity index (χ0v) is 19.0. The number of amides is 3. The van der Waals surface area contributed by atoms with Crippen LogP contribution in [0.3, 0.4) is 0 Å². The van der Waals surface area contributed by atoms with Crippen molar-refractivity contribution in [3.05, 3.63) is 93.5 Å². The Hall–Kier alpha value is -4.57. The summed E-state index contributed by atoms with van der Waals surface area (Å²) in [5.41, 5.74) is 0.903. The predicted octanol–water partition coefficient (Wildman–Crippen LogP) is 4.10. The lowest BCUT2D eigenvalue weighted by atomic mass is 10.1. The van der Waals surface area contributed by atoms with Crippen molar-refractivity contribution in [2.24, 2.45) is 0 Å². The first-order valence-corrected chi connectivity index (χ1v) is 11.4. The molecular formula is C26H21N3O7. The molecule has 0 spiro atoms. The van der Waals surface area contributed by atoms with Crippen LogP contribution in [0.4, 0.5) is 11.4 Å². The Labute approximate surface area is 205 Å². The van der Waals surface area contributed by atoms with Gasteiger partial charge in [0.15, 0.2) is 0 Å². The van der Waals surface area contributed by atoms with E-state index in [1.165, 1.54) is 42.5 Å². The van der Waals surface area contributed by atoms with Crippen LogP contribution in [-0.4, -0.2) is 41.9 Å². The Bertz CT molecular complexity index is 1360. The third-order valence-corrected chi connectivity index (χ3v) is 6.02. The standard InChI is InChI=1S/C26H21N3O7/c30-24(27-15-21-5-2-12-35-21)16-3-1-4-18(13-16)28-25(31)22-11-10-20(14-23(22)26(28)32)36-19-8-6-17(7-9-19)29(33)34/h1,3-4,6-11,13-14,21H,2,5,12,15H2,(H,27,30). The zero-order chi connectivity index (χ0) is 25.2. The van der Waals surface area contributed by atoms with Crippen LogP contribution in [0.25, 0.3) is 0 Å². The van der Waals surface area contributed by atoms with Crippen LogP contribution >= 0.6 is 0 Å². The molecule has 3 aromatic rings. The first-order chi connectivity index (χ1) is 17.4. The summed E-state index contributed by atoms with van der Waals surface area (Å²) in [6.45, 7) is 1.09. The van der Waals surface area contributed by atoms with E-state index in [-0.39, 0.29) is 34.5 Å². The molecule has 1 saturated heterocycles. The van der Waals surface area contributed by atoms with E-state index < -0.39 is 16.7 Å². The molecule has 0 radical (unpaired) electrons. The number of benzene rings is 3. The summed E-state index contributed by atoms with van der Waals surface area (Å²) in [5, 5.41) is 13.7. The molecule has 1 unspecified atom stereocenters. The van der Waals surface area contributed by atoms with Crippen molar-refractivity contribution in [3.63, 3.8) is 0 Å². The molecule has 2 aliphatic rings. The van der Waals surface area contributed by atoms with E-state index in [9.17, 15) is 24.5 Å². The van der Waals surface area contributed by atoms with Crippen molar-refractivity contribution in [1.82, 2.24) is 5.32 Å². The van der Waals surface area contributed by atoms with Gasteiger partial charge in [0.2, 0.25) is 0 Å². The number of carbonyl (C=O) groups is 3. The number of imide groups is 1. The van der Waals surface area contributed by atoms with E-state index in [4.69, 9.17) is 9.47 Å². The fourth-order valence-electron chi connectivity index (χ4n) is 4.19. The Morgan fingerprint density at radius 1 is 1.03 bits per heavy atom. The van der Waals surface area contributed by atoms with Crippen molar-refractivity contribution >= 4 is 29.1 Å². The van der Waals surface area contributed by atoms with Crippen LogP contribution < -0.4 is 15.0 Å². The van der Waals surface area contributed by atoms with Crippen LogP contribution in [0.15, 0.2) is 66.7 Å². The minimum absolute atomic E-state index is 0.00390. The molecule has 2 heterocycles. The minimum Gasteiger partial charge on any atom is -0.457 e. The number of fused-ring (bicyclic) bond motifs is 1. The fraction of sp³-hybridized carbons (Fsp3) is 0.192. The Balaban J connectivity index is 1.32. The third kappa shape index (κ3) is 4.53. The quantitative estimate of drug-likeness (QED) is 0.302. The molecule has 36 heavy (non-hydrogen) atoms. The summed E-state index contributed by atoms with van der Waals surface area (Å²) in [6, 6.07) is 16.3. The normalized spacial score (nSPS) is 16.7. The maximum Gasteiger partial charge on any atom is 0.269 e. The second kappa shape index (κ2) is 9.59. The van der Waals surface area contributed by atoms with Crippen LogP contribution in [0.5, 0.6) is 11.5 Å². The number of carbonyl (C=O) groups excluding carboxylic acids is 3. The number of nitrogens with one attached hydrogen (secondary N) is 1. The second-order valence-electron chi connectivity index (χ2n) is 8.40. The minimum atomic E-state index is -0.541. The van der Waals surface area contributed by atoms with Crippen LogP contribution in [0.1, 0.15) is 43.9 Å². The molecule has 0 aromatic heterocycles. The van der Waals surface area contributed by atoms with E-state index >= 15 is 0 Å². The van der Waals surface area contributed by atoms with Gasteiger partial charge in [-0.2, -0.15) is 0 Å². The van der Waals surface area contributed by atoms with Gasteiger partial charge >= 0.3 is 0 Å². The van der Waals surface area contributed by atoms with Gasteiger partial charge in [-0.15, -0.1) is 0 Å². The van der Waals surface area contributed by atoms with Crippen molar-refractivity contribution in [3.8, 4) is 11.5 Å². The smallest absolute Gasteiger partial charge is 0.269 e. The van der Waals surface area contributed by atoms with Gasteiger partial charge in [0.05, 0.1) is 27.8 Å². The fourth-order valence-corrected chi connectivity index (χ4v) is 4.19. The maximum absolute atomic E-state index is 13.2. The first kappa shape index (κ1) is 23.2. The van der Waals surface area contributed by atoms with Gasteiger partial charge in [-0.3, -0.25) is 24.5 Å². The zero-order valence-electron chi connectivity index (χ0n) is 19.0. The largest absolute Gasteiger partial charge is 0.457 e. The summed E-state index contributed by atoms with van der Waals surface area (Å²) in [7, 11) is 0. The lowest BCUT2D eigenvalue weighted by Crippen LogP contribution is -2.32. The van der Waals surface area contributed by atoms with E-state index in [0.717, 1.165) is 17.7 Å². The highest BCUT2D eigenvalue weighted by atomic mass is 16.6. The topological polar surface area (TPSA) is 128 Å². The molecule has 3 aromatic carbocycles. The van der Waals surface area contributed by atoms with Crippen LogP contribution in [0, 0.1) is 10.1 Å². The molecule has 5 rings (SSSR count). The number of rotatable bonds is 7. The van der Waals surface area contributed by atoms with Crippen LogP contribution in [0.2, 0.25) is 0 Å². The summed E-state index contributed by atoms with van der Waals surface area (Å²) in [6.07, 6.45) is 1.86. The second-order valence-corrected chi connectivity index (χ2v) is 8.40. The molecule has 0 bridgehead atoms. The van der Waals surface area contributed by atoms with E-state index in [1.807, 2.05) is 0 Å². The average Bonchev–Trinajstić information content (AvgIpc) is 3.49. The Kier molecular flexibility index (Phi) is 6.17. The number of hydrogen-bond acceptors (Lipinski definition) is 7. The molecular weight excluding hydrogens is 466 g/mol. The highest BCUT2D eigenvalue weighted by Crippen LogP contribution is 2.33. The monoisotopic (exact) mass is 487 g/mol. The summed E-state index contributed by atoms with van der Waals surface area (Å²) in [5.74, 6) is -0.721. The van der Waals surface area contributed by atoms with E-state index in [2.05, 4.69) is 5.32 Å². The predicted molar refractivity (Wildman–Crippen MR) is 129 cm³/mol. The maximum atomic E-state index is 13.2. The molecule has 1 N–H and O–H groups in total. The van der Waals surface area contributed by atoms with Crippen molar-refractivity contribution in [1.29, 1.82) is 0 Å². The highest BCUT2D eigenvalue weighted by molar-refractivity contribution is 6.34. The SMILES string of the molecule is O=C(NCC1CCCO1)c1cccc(N2C(=O)c3ccc(Oc4ccc([N+](=O)[O-])cc4)cc3C2=O)c1. The number of non-ortho nitro benzene ring substituents is 1. The molecule has 10 heteroatoms. The molecule has 1 fully saturated rings.